The van der Waals surface area contributed by atoms with Crippen LogP contribution >= 0.6 is 11.6 Å². The molecule has 0 aliphatic carbocycles. The van der Waals surface area contributed by atoms with Gasteiger partial charge in [-0.1, -0.05) is 17.7 Å². The molecule has 0 N–H and O–H groups in total. The van der Waals surface area contributed by atoms with Gasteiger partial charge in [-0.3, -0.25) is 9.69 Å². The number of pyridine rings is 1. The van der Waals surface area contributed by atoms with Gasteiger partial charge in [-0.2, -0.15) is 13.2 Å². The van der Waals surface area contributed by atoms with E-state index in [9.17, 15) is 18.0 Å². The Morgan fingerprint density at radius 2 is 1.95 bits per heavy atom. The lowest BCUT2D eigenvalue weighted by Crippen LogP contribution is -2.16. The fraction of sp³-hybridized carbons (Fsp3) is 0.0769. The lowest BCUT2D eigenvalue weighted by atomic mass is 10.2. The second-order valence-electron chi connectivity index (χ2n) is 3.84. The molecular formula is C13H8ClF3N2O. The van der Waals surface area contributed by atoms with E-state index in [1.807, 2.05) is 0 Å². The Bertz CT molecular complexity index is 631. The molecule has 2 aromatic rings. The molecule has 0 radical (unpaired) electrons. The Labute approximate surface area is 117 Å². The molecule has 0 unspecified atom stereocenters. The van der Waals surface area contributed by atoms with E-state index in [4.69, 9.17) is 11.6 Å². The molecule has 0 saturated heterocycles. The van der Waals surface area contributed by atoms with Crippen molar-refractivity contribution in [3.8, 4) is 0 Å². The monoisotopic (exact) mass is 300 g/mol. The zero-order valence-corrected chi connectivity index (χ0v) is 10.7. The van der Waals surface area contributed by atoms with Crippen LogP contribution < -0.4 is 4.90 Å². The number of halogens is 4. The largest absolute Gasteiger partial charge is 0.416 e. The van der Waals surface area contributed by atoms with Crippen LogP contribution in [0.1, 0.15) is 5.56 Å². The number of carbonyl (C=O) groups is 1. The van der Waals surface area contributed by atoms with Gasteiger partial charge in [0.05, 0.1) is 11.3 Å². The van der Waals surface area contributed by atoms with E-state index < -0.39 is 11.7 Å². The minimum Gasteiger partial charge on any atom is -0.281 e. The molecule has 0 aliphatic heterocycles. The van der Waals surface area contributed by atoms with Crippen LogP contribution in [0.4, 0.5) is 24.5 Å². The van der Waals surface area contributed by atoms with E-state index in [0.717, 1.165) is 17.0 Å². The highest BCUT2D eigenvalue weighted by Crippen LogP contribution is 2.34. The molecule has 3 nitrogen and oxygen atoms in total. The van der Waals surface area contributed by atoms with Crippen molar-refractivity contribution in [3.05, 3.63) is 53.3 Å². The van der Waals surface area contributed by atoms with Gasteiger partial charge in [0, 0.05) is 11.9 Å². The van der Waals surface area contributed by atoms with Gasteiger partial charge in [0.2, 0.25) is 6.41 Å². The first-order chi connectivity index (χ1) is 9.43. The Hall–Kier alpha value is -2.08. The highest BCUT2D eigenvalue weighted by Gasteiger charge is 2.31. The molecule has 0 atom stereocenters. The topological polar surface area (TPSA) is 33.2 Å². The Balaban J connectivity index is 2.48. The van der Waals surface area contributed by atoms with Crippen LogP contribution in [-0.4, -0.2) is 11.4 Å². The minimum atomic E-state index is -4.48. The van der Waals surface area contributed by atoms with Crippen LogP contribution in [0, 0.1) is 0 Å². The molecule has 1 heterocycles. The number of hydrogen-bond acceptors (Lipinski definition) is 2. The summed E-state index contributed by atoms with van der Waals surface area (Å²) in [6, 6.07) is 7.43. The van der Waals surface area contributed by atoms with Gasteiger partial charge in [0.15, 0.2) is 5.15 Å². The average molecular weight is 301 g/mol. The summed E-state index contributed by atoms with van der Waals surface area (Å²) >= 11 is 5.84. The van der Waals surface area contributed by atoms with Crippen LogP contribution in [0.5, 0.6) is 0 Å². The Kier molecular flexibility index (Phi) is 3.94. The van der Waals surface area contributed by atoms with Crippen molar-refractivity contribution >= 4 is 29.4 Å². The molecule has 1 aromatic carbocycles. The van der Waals surface area contributed by atoms with Gasteiger partial charge in [-0.25, -0.2) is 4.98 Å². The Morgan fingerprint density at radius 1 is 1.20 bits per heavy atom. The number of nitrogens with zero attached hydrogens (tertiary/aromatic N) is 2. The van der Waals surface area contributed by atoms with Crippen molar-refractivity contribution < 1.29 is 18.0 Å². The molecule has 0 aliphatic rings. The third-order valence-corrected chi connectivity index (χ3v) is 2.85. The summed E-state index contributed by atoms with van der Waals surface area (Å²) in [6.45, 7) is 0. The number of hydrogen-bond donors (Lipinski definition) is 0. The second-order valence-corrected chi connectivity index (χ2v) is 4.19. The van der Waals surface area contributed by atoms with Gasteiger partial charge >= 0.3 is 6.18 Å². The van der Waals surface area contributed by atoms with Crippen LogP contribution in [0.2, 0.25) is 5.15 Å². The summed E-state index contributed by atoms with van der Waals surface area (Å²) in [5, 5.41) is 0.0250. The first-order valence-electron chi connectivity index (χ1n) is 5.46. The third kappa shape index (κ3) is 2.91. The molecule has 20 heavy (non-hydrogen) atoms. The van der Waals surface area contributed by atoms with Crippen LogP contribution in [-0.2, 0) is 11.0 Å². The third-order valence-electron chi connectivity index (χ3n) is 2.56. The maximum absolute atomic E-state index is 12.7. The highest BCUT2D eigenvalue weighted by molar-refractivity contribution is 6.32. The molecule has 1 amide bonds. The number of rotatable bonds is 3. The van der Waals surface area contributed by atoms with Crippen molar-refractivity contribution in [3.63, 3.8) is 0 Å². The first kappa shape index (κ1) is 14.3. The number of alkyl halides is 3. The molecule has 2 rings (SSSR count). The maximum atomic E-state index is 12.7. The summed E-state index contributed by atoms with van der Waals surface area (Å²) in [5.74, 6) is 0. The number of anilines is 2. The fourth-order valence-corrected chi connectivity index (χ4v) is 1.86. The van der Waals surface area contributed by atoms with Gasteiger partial charge in [-0.05, 0) is 30.3 Å². The van der Waals surface area contributed by atoms with Gasteiger partial charge < -0.3 is 0 Å². The molecule has 0 bridgehead atoms. The van der Waals surface area contributed by atoms with Gasteiger partial charge in [-0.15, -0.1) is 0 Å². The molecule has 7 heteroatoms. The van der Waals surface area contributed by atoms with Crippen molar-refractivity contribution in [2.75, 3.05) is 4.90 Å². The molecule has 0 spiro atoms. The maximum Gasteiger partial charge on any atom is 0.416 e. The summed E-state index contributed by atoms with van der Waals surface area (Å²) in [4.78, 5) is 16.0. The minimum absolute atomic E-state index is 0.0250. The van der Waals surface area contributed by atoms with E-state index in [0.29, 0.717) is 6.41 Å². The number of carbonyl (C=O) groups excluding carboxylic acids is 1. The van der Waals surface area contributed by atoms with Gasteiger partial charge in [0.1, 0.15) is 0 Å². The summed E-state index contributed by atoms with van der Waals surface area (Å²) in [7, 11) is 0. The highest BCUT2D eigenvalue weighted by atomic mass is 35.5. The van der Waals surface area contributed by atoms with Crippen molar-refractivity contribution in [1.82, 2.24) is 4.98 Å². The Morgan fingerprint density at radius 3 is 2.55 bits per heavy atom. The summed E-state index contributed by atoms with van der Waals surface area (Å²) in [5.41, 5.74) is -0.574. The first-order valence-corrected chi connectivity index (χ1v) is 5.83. The number of amides is 1. The van der Waals surface area contributed by atoms with Crippen LogP contribution in [0.3, 0.4) is 0 Å². The summed E-state index contributed by atoms with van der Waals surface area (Å²) in [6.07, 6.45) is -2.68. The smallest absolute Gasteiger partial charge is 0.281 e. The van der Waals surface area contributed by atoms with Crippen molar-refractivity contribution in [2.45, 2.75) is 6.18 Å². The second kappa shape index (κ2) is 5.50. The van der Waals surface area contributed by atoms with Crippen LogP contribution in [0.25, 0.3) is 0 Å². The fourth-order valence-electron chi connectivity index (χ4n) is 1.65. The lowest BCUT2D eigenvalue weighted by Gasteiger charge is -2.19. The standard InChI is InChI=1S/C13H8ClF3N2O/c14-12-11(5-2-6-18-12)19(8-20)10-4-1-3-9(7-10)13(15,16)17/h1-8H. The number of aromatic nitrogens is 1. The zero-order chi connectivity index (χ0) is 14.8. The predicted octanol–water partition coefficient (Wildman–Crippen LogP) is 4.05. The van der Waals surface area contributed by atoms with Crippen molar-refractivity contribution in [2.24, 2.45) is 0 Å². The predicted molar refractivity (Wildman–Crippen MR) is 68.9 cm³/mol. The number of benzene rings is 1. The van der Waals surface area contributed by atoms with E-state index >= 15 is 0 Å². The zero-order valence-electron chi connectivity index (χ0n) is 9.93. The van der Waals surface area contributed by atoms with E-state index in [2.05, 4.69) is 4.98 Å². The summed E-state index contributed by atoms with van der Waals surface area (Å²) < 4.78 is 38.0. The quantitative estimate of drug-likeness (QED) is 0.633. The van der Waals surface area contributed by atoms with E-state index in [-0.39, 0.29) is 16.5 Å². The normalized spacial score (nSPS) is 11.2. The van der Waals surface area contributed by atoms with Gasteiger partial charge in [0.25, 0.3) is 0 Å². The van der Waals surface area contributed by atoms with Crippen molar-refractivity contribution in [1.29, 1.82) is 0 Å². The van der Waals surface area contributed by atoms with E-state index in [1.54, 1.807) is 0 Å². The average Bonchev–Trinajstić information content (AvgIpc) is 2.41. The SMILES string of the molecule is O=CN(c1cccc(C(F)(F)F)c1)c1cccnc1Cl. The molecule has 0 fully saturated rings. The van der Waals surface area contributed by atoms with E-state index in [1.165, 1.54) is 30.5 Å². The molecule has 0 saturated carbocycles. The van der Waals surface area contributed by atoms with Crippen LogP contribution in [0.15, 0.2) is 42.6 Å². The molecular weight excluding hydrogens is 293 g/mol. The molecule has 104 valence electrons. The molecule has 1 aromatic heterocycles. The lowest BCUT2D eigenvalue weighted by molar-refractivity contribution is -0.137.